The van der Waals surface area contributed by atoms with Crippen molar-refractivity contribution >= 4 is 6.29 Å². The number of aromatic hydroxyl groups is 1. The Balaban J connectivity index is 0.000000312. The molecule has 1 heterocycles. The smallest absolute Gasteiger partial charge is 0.161 e. The van der Waals surface area contributed by atoms with E-state index in [1.54, 1.807) is 27.0 Å². The molecule has 0 amide bonds. The third-order valence-corrected chi connectivity index (χ3v) is 9.39. The molecule has 3 aliphatic carbocycles. The Morgan fingerprint density at radius 2 is 1.75 bits per heavy atom. The minimum atomic E-state index is -0.167. The average molecular weight is 556 g/mol. The first-order valence-corrected chi connectivity index (χ1v) is 15.0. The molecule has 0 aromatic heterocycles. The number of phenolic OH excluding ortho intramolecular Hbond substituents is 1. The van der Waals surface area contributed by atoms with Crippen molar-refractivity contribution in [1.82, 2.24) is 4.90 Å². The van der Waals surface area contributed by atoms with E-state index in [9.17, 15) is 9.90 Å². The molecule has 6 nitrogen and oxygen atoms in total. The van der Waals surface area contributed by atoms with Crippen molar-refractivity contribution in [3.63, 3.8) is 0 Å². The van der Waals surface area contributed by atoms with Crippen molar-refractivity contribution < 1.29 is 24.5 Å². The highest BCUT2D eigenvalue weighted by Gasteiger charge is 2.80. The van der Waals surface area contributed by atoms with E-state index in [0.29, 0.717) is 29.5 Å². The number of ether oxygens (including phenoxy) is 2. The summed E-state index contributed by atoms with van der Waals surface area (Å²) in [4.78, 5) is 12.5. The average Bonchev–Trinajstić information content (AvgIpc) is 3.68. The Morgan fingerprint density at radius 1 is 1.10 bits per heavy atom. The molecule has 0 radical (unpaired) electrons. The predicted octanol–water partition coefficient (Wildman–Crippen LogP) is 6.22. The van der Waals surface area contributed by atoms with Gasteiger partial charge >= 0.3 is 0 Å². The van der Waals surface area contributed by atoms with Crippen molar-refractivity contribution in [1.29, 1.82) is 0 Å². The highest BCUT2D eigenvalue weighted by atomic mass is 16.5. The van der Waals surface area contributed by atoms with Crippen LogP contribution in [-0.2, 0) is 21.4 Å². The van der Waals surface area contributed by atoms with E-state index in [1.165, 1.54) is 42.2 Å². The predicted molar refractivity (Wildman–Crippen MR) is 162 cm³/mol. The summed E-state index contributed by atoms with van der Waals surface area (Å²) in [5.41, 5.74) is 3.91. The number of aldehydes is 1. The van der Waals surface area contributed by atoms with Gasteiger partial charge in [0, 0.05) is 48.2 Å². The number of rotatable bonds is 9. The van der Waals surface area contributed by atoms with Crippen LogP contribution in [0.4, 0.5) is 0 Å². The maximum absolute atomic E-state index is 11.2. The Hall–Kier alpha value is -2.15. The van der Waals surface area contributed by atoms with Crippen LogP contribution in [0.5, 0.6) is 11.5 Å². The van der Waals surface area contributed by atoms with Crippen LogP contribution in [0, 0.1) is 17.3 Å². The van der Waals surface area contributed by atoms with E-state index in [-0.39, 0.29) is 23.0 Å². The second-order valence-corrected chi connectivity index (χ2v) is 13.0. The summed E-state index contributed by atoms with van der Waals surface area (Å²) < 4.78 is 11.3. The molecular formula is C34H53NO5. The van der Waals surface area contributed by atoms with Gasteiger partial charge in [0.05, 0.1) is 13.2 Å². The molecule has 0 bridgehead atoms. The molecule has 1 aromatic rings. The molecule has 224 valence electrons. The zero-order valence-electron chi connectivity index (χ0n) is 26.2. The standard InChI is InChI=1S/C24H35NO3.C7H10O.C3H8O/c1-14(2)24-19-10-17-8-9-18(28-5)22(26)21(17)23(24,11-15(3)27-4)12-20(24)25(19)13-16-6-7-16;1-7(2)5-3-4-6-8;1-3(2)4/h8-9,14-16,19-20,26H,6-7,10-13H2,1-5H3;3-6H,1-2H3;3-4H,1-2H3/b;4-3+;/t15?,19?,20?,23?,24-;;/m0../s1. The molecule has 4 aliphatic rings. The molecule has 0 spiro atoms. The van der Waals surface area contributed by atoms with Crippen molar-refractivity contribution in [2.75, 3.05) is 20.8 Å². The van der Waals surface area contributed by atoms with Crippen LogP contribution >= 0.6 is 0 Å². The molecular weight excluding hydrogens is 502 g/mol. The number of aliphatic hydroxyl groups excluding tert-OH is 1. The number of nitrogens with zero attached hydrogens (tertiary/aromatic N) is 1. The first-order valence-electron chi connectivity index (χ1n) is 15.0. The van der Waals surface area contributed by atoms with Crippen LogP contribution < -0.4 is 4.74 Å². The first kappa shape index (κ1) is 32.4. The number of hydrogen-bond donors (Lipinski definition) is 2. The lowest BCUT2D eigenvalue weighted by Gasteiger charge is -2.83. The quantitative estimate of drug-likeness (QED) is 0.214. The van der Waals surface area contributed by atoms with Crippen molar-refractivity contribution in [3.05, 3.63) is 47.1 Å². The Kier molecular flexibility index (Phi) is 10.7. The van der Waals surface area contributed by atoms with E-state index >= 15 is 0 Å². The zero-order chi connectivity index (χ0) is 29.8. The third-order valence-electron chi connectivity index (χ3n) is 9.39. The number of phenols is 1. The summed E-state index contributed by atoms with van der Waals surface area (Å²) in [6.07, 6.45) is 11.8. The normalized spacial score (nSPS) is 28.6. The molecule has 1 aromatic carbocycles. The first-order chi connectivity index (χ1) is 18.9. The van der Waals surface area contributed by atoms with Gasteiger partial charge in [-0.25, -0.2) is 0 Å². The molecule has 1 saturated heterocycles. The SMILES string of the molecule is CC(C)=C/C=C/C=O.CC(C)O.COc1ccc2c(c1O)C1(CC(C)OC)CC3N(CC4CC4)C(C2)[C@@]31C(C)C. The molecule has 1 aliphatic heterocycles. The molecule has 40 heavy (non-hydrogen) atoms. The van der Waals surface area contributed by atoms with Gasteiger partial charge in [-0.05, 0) is 96.3 Å². The number of carbonyl (C=O) groups excluding carboxylic acids is 1. The molecule has 2 saturated carbocycles. The zero-order valence-corrected chi connectivity index (χ0v) is 26.2. The third kappa shape index (κ3) is 5.91. The monoisotopic (exact) mass is 555 g/mol. The van der Waals surface area contributed by atoms with Crippen LogP contribution in [0.2, 0.25) is 0 Å². The molecule has 5 atom stereocenters. The number of piperidine rings is 1. The number of likely N-dealkylation sites (tertiary alicyclic amines) is 1. The largest absolute Gasteiger partial charge is 0.504 e. The minimum absolute atomic E-state index is 0.0157. The fourth-order valence-electron chi connectivity index (χ4n) is 7.91. The van der Waals surface area contributed by atoms with Gasteiger partial charge in [-0.1, -0.05) is 37.6 Å². The number of hydrogen-bond acceptors (Lipinski definition) is 6. The topological polar surface area (TPSA) is 79.2 Å². The molecule has 3 fully saturated rings. The molecule has 6 heteroatoms. The fraction of sp³-hybridized carbons (Fsp3) is 0.676. The Morgan fingerprint density at radius 3 is 2.25 bits per heavy atom. The molecule has 5 rings (SSSR count). The minimum Gasteiger partial charge on any atom is -0.504 e. The summed E-state index contributed by atoms with van der Waals surface area (Å²) in [7, 11) is 3.46. The molecule has 2 N–H and O–H groups in total. The summed E-state index contributed by atoms with van der Waals surface area (Å²) >= 11 is 0. The van der Waals surface area contributed by atoms with Gasteiger partial charge < -0.3 is 19.7 Å². The number of aliphatic hydroxyl groups is 1. The maximum Gasteiger partial charge on any atom is 0.161 e. The van der Waals surface area contributed by atoms with Gasteiger partial charge in [0.15, 0.2) is 11.5 Å². The van der Waals surface area contributed by atoms with E-state index in [1.807, 2.05) is 33.1 Å². The highest BCUT2D eigenvalue weighted by molar-refractivity contribution is 5.65. The summed E-state index contributed by atoms with van der Waals surface area (Å²) in [6, 6.07) is 5.40. The van der Waals surface area contributed by atoms with E-state index in [4.69, 9.17) is 14.6 Å². The lowest BCUT2D eigenvalue weighted by molar-refractivity contribution is -0.299. The van der Waals surface area contributed by atoms with Crippen LogP contribution in [0.3, 0.4) is 0 Å². The van der Waals surface area contributed by atoms with E-state index < -0.39 is 0 Å². The lowest BCUT2D eigenvalue weighted by atomic mass is 9.30. The van der Waals surface area contributed by atoms with Crippen molar-refractivity contribution in [2.24, 2.45) is 17.3 Å². The van der Waals surface area contributed by atoms with Gasteiger partial charge in [-0.2, -0.15) is 0 Å². The number of methoxy groups -OCH3 is 2. The van der Waals surface area contributed by atoms with Crippen LogP contribution in [0.1, 0.15) is 85.3 Å². The van der Waals surface area contributed by atoms with Crippen molar-refractivity contribution in [2.45, 2.75) is 110 Å². The van der Waals surface area contributed by atoms with Crippen molar-refractivity contribution in [3.8, 4) is 11.5 Å². The van der Waals surface area contributed by atoms with E-state index in [2.05, 4.69) is 31.7 Å². The Bertz CT molecular complexity index is 1070. The van der Waals surface area contributed by atoms with Gasteiger partial charge in [0.25, 0.3) is 0 Å². The summed E-state index contributed by atoms with van der Waals surface area (Å²) in [5, 5.41) is 19.3. The van der Waals surface area contributed by atoms with Gasteiger partial charge in [-0.15, -0.1) is 0 Å². The number of allylic oxidation sites excluding steroid dienone is 4. The second kappa shape index (κ2) is 13.2. The second-order valence-electron chi connectivity index (χ2n) is 13.0. The van der Waals surface area contributed by atoms with Gasteiger partial charge in [0.1, 0.15) is 6.29 Å². The van der Waals surface area contributed by atoms with E-state index in [0.717, 1.165) is 31.5 Å². The summed E-state index contributed by atoms with van der Waals surface area (Å²) in [6.45, 7) is 15.7. The molecule has 4 unspecified atom stereocenters. The fourth-order valence-corrected chi connectivity index (χ4v) is 7.91. The van der Waals surface area contributed by atoms with Gasteiger partial charge in [0.2, 0.25) is 0 Å². The number of carbonyl (C=O) groups is 1. The van der Waals surface area contributed by atoms with Crippen LogP contribution in [0.25, 0.3) is 0 Å². The van der Waals surface area contributed by atoms with Crippen LogP contribution in [-0.4, -0.2) is 66.5 Å². The Labute approximate surface area is 242 Å². The highest BCUT2D eigenvalue weighted by Crippen LogP contribution is 2.77. The number of fused-ring (bicyclic) bond motifs is 2. The lowest BCUT2D eigenvalue weighted by Crippen LogP contribution is -2.89. The maximum atomic E-state index is 11.2. The number of benzene rings is 1. The summed E-state index contributed by atoms with van der Waals surface area (Å²) in [5.74, 6) is 2.48. The van der Waals surface area contributed by atoms with Gasteiger partial charge in [-0.3, -0.25) is 9.69 Å². The van der Waals surface area contributed by atoms with Crippen LogP contribution in [0.15, 0.2) is 35.9 Å².